The van der Waals surface area contributed by atoms with Gasteiger partial charge in [0.15, 0.2) is 17.3 Å². The zero-order valence-electron chi connectivity index (χ0n) is 19.0. The monoisotopic (exact) mass is 519 g/mol. The van der Waals surface area contributed by atoms with Crippen molar-refractivity contribution < 1.29 is 14.3 Å². The van der Waals surface area contributed by atoms with E-state index in [0.29, 0.717) is 23.5 Å². The van der Waals surface area contributed by atoms with Crippen molar-refractivity contribution in [2.75, 3.05) is 14.2 Å². The molecule has 0 bridgehead atoms. The highest BCUT2D eigenvalue weighted by Gasteiger charge is 2.45. The van der Waals surface area contributed by atoms with Crippen molar-refractivity contribution in [3.8, 4) is 11.5 Å². The van der Waals surface area contributed by atoms with Crippen molar-refractivity contribution in [3.05, 3.63) is 100 Å². The Balaban J connectivity index is 1.54. The molecule has 3 atom stereocenters. The van der Waals surface area contributed by atoms with Crippen molar-refractivity contribution in [1.29, 1.82) is 0 Å². The number of carbonyl (C=O) groups excluding carboxylic acids is 1. The first-order chi connectivity index (χ1) is 16.6. The highest BCUT2D eigenvalue weighted by atomic mass is 79.9. The maximum atomic E-state index is 13.5. The van der Waals surface area contributed by atoms with Gasteiger partial charge in [-0.05, 0) is 29.7 Å². The maximum Gasteiger partial charge on any atom is 0.179 e. The lowest BCUT2D eigenvalue weighted by molar-refractivity contribution is 0.0460. The van der Waals surface area contributed by atoms with E-state index in [9.17, 15) is 4.79 Å². The molecule has 6 nitrogen and oxygen atoms in total. The van der Waals surface area contributed by atoms with E-state index < -0.39 is 0 Å². The molecular formula is C27H26BrN3O3. The Kier molecular flexibility index (Phi) is 6.41. The molecule has 2 N–H and O–H groups in total. The van der Waals surface area contributed by atoms with Crippen LogP contribution in [0, 0.1) is 0 Å². The Morgan fingerprint density at radius 2 is 1.62 bits per heavy atom. The third-order valence-corrected chi connectivity index (χ3v) is 7.21. The number of ether oxygens (including phenoxy) is 2. The third kappa shape index (κ3) is 4.11. The van der Waals surface area contributed by atoms with Crippen LogP contribution in [-0.4, -0.2) is 37.2 Å². The van der Waals surface area contributed by atoms with Crippen LogP contribution in [0.4, 0.5) is 0 Å². The molecule has 0 amide bonds. The lowest BCUT2D eigenvalue weighted by Gasteiger charge is -2.42. The van der Waals surface area contributed by atoms with Gasteiger partial charge in [-0.2, -0.15) is 5.01 Å². The van der Waals surface area contributed by atoms with Crippen LogP contribution in [0.15, 0.2) is 83.3 Å². The molecule has 0 aromatic heterocycles. The van der Waals surface area contributed by atoms with Gasteiger partial charge in [0.1, 0.15) is 6.17 Å². The Bertz CT molecular complexity index is 1220. The number of ketones is 1. The predicted molar refractivity (Wildman–Crippen MR) is 136 cm³/mol. The minimum atomic E-state index is -0.355. The number of benzene rings is 3. The fraction of sp³-hybridized carbons (Fsp3) is 0.222. The number of nitrogens with zero attached hydrogens (tertiary/aromatic N) is 1. The molecule has 2 aliphatic rings. The van der Waals surface area contributed by atoms with Gasteiger partial charge in [-0.3, -0.25) is 10.1 Å². The SMILES string of the molecule is COc1ccc(C2CC(C(=O)c3ccccc3)NC3C(Br)=C(c4ccccc4)NN32)cc1OC. The van der Waals surface area contributed by atoms with Gasteiger partial charge in [-0.15, -0.1) is 0 Å². The molecule has 3 aromatic carbocycles. The van der Waals surface area contributed by atoms with Gasteiger partial charge in [-0.1, -0.05) is 82.7 Å². The summed E-state index contributed by atoms with van der Waals surface area (Å²) in [5.41, 5.74) is 7.39. The molecule has 0 spiro atoms. The van der Waals surface area contributed by atoms with E-state index in [0.717, 1.165) is 21.3 Å². The molecule has 2 aliphatic heterocycles. The van der Waals surface area contributed by atoms with Crippen LogP contribution in [0.2, 0.25) is 0 Å². The summed E-state index contributed by atoms with van der Waals surface area (Å²) in [6.45, 7) is 0. The highest BCUT2D eigenvalue weighted by molar-refractivity contribution is 9.11. The fourth-order valence-corrected chi connectivity index (χ4v) is 5.33. The van der Waals surface area contributed by atoms with E-state index in [1.165, 1.54) is 0 Å². The van der Waals surface area contributed by atoms with E-state index >= 15 is 0 Å². The summed E-state index contributed by atoms with van der Waals surface area (Å²) in [5.74, 6) is 1.42. The summed E-state index contributed by atoms with van der Waals surface area (Å²) in [6, 6.07) is 25.1. The Morgan fingerprint density at radius 3 is 2.29 bits per heavy atom. The molecular weight excluding hydrogens is 494 g/mol. The quantitative estimate of drug-likeness (QED) is 0.451. The first kappa shape index (κ1) is 22.7. The van der Waals surface area contributed by atoms with E-state index in [-0.39, 0.29) is 24.0 Å². The van der Waals surface area contributed by atoms with Gasteiger partial charge in [0.05, 0.1) is 36.5 Å². The third-order valence-electron chi connectivity index (χ3n) is 6.38. The molecule has 5 rings (SSSR count). The number of hydrogen-bond acceptors (Lipinski definition) is 6. The van der Waals surface area contributed by atoms with Gasteiger partial charge in [0.25, 0.3) is 0 Å². The molecule has 0 radical (unpaired) electrons. The second-order valence-corrected chi connectivity index (χ2v) is 9.18. The molecule has 1 fully saturated rings. The molecule has 0 aliphatic carbocycles. The van der Waals surface area contributed by atoms with E-state index in [1.54, 1.807) is 14.2 Å². The van der Waals surface area contributed by atoms with Crippen molar-refractivity contribution in [3.63, 3.8) is 0 Å². The van der Waals surface area contributed by atoms with E-state index in [4.69, 9.17) is 9.47 Å². The molecule has 3 unspecified atom stereocenters. The first-order valence-corrected chi connectivity index (χ1v) is 12.0. The summed E-state index contributed by atoms with van der Waals surface area (Å²) < 4.78 is 12.0. The standard InChI is InChI=1S/C27H26BrN3O3/c1-33-22-14-13-19(15-23(22)34-2)21-16-20(26(32)18-11-7-4-8-12-18)29-27-24(28)25(30-31(21)27)17-9-5-3-6-10-17/h3-15,20-21,27,29-30H,16H2,1-2H3. The zero-order chi connectivity index (χ0) is 23.7. The largest absolute Gasteiger partial charge is 0.493 e. The number of fused-ring (bicyclic) bond motifs is 1. The molecule has 3 aromatic rings. The topological polar surface area (TPSA) is 62.8 Å². The number of carbonyl (C=O) groups is 1. The van der Waals surface area contributed by atoms with Gasteiger partial charge in [-0.25, -0.2) is 0 Å². The molecule has 2 heterocycles. The van der Waals surface area contributed by atoms with Crippen LogP contribution >= 0.6 is 15.9 Å². The summed E-state index contributed by atoms with van der Waals surface area (Å²) in [7, 11) is 3.26. The number of rotatable bonds is 6. The zero-order valence-corrected chi connectivity index (χ0v) is 20.6. The average Bonchev–Trinajstić information content (AvgIpc) is 3.24. The summed E-state index contributed by atoms with van der Waals surface area (Å²) in [6.07, 6.45) is 0.384. The van der Waals surface area contributed by atoms with Crippen LogP contribution in [0.1, 0.15) is 33.9 Å². The predicted octanol–water partition coefficient (Wildman–Crippen LogP) is 4.90. The molecule has 34 heavy (non-hydrogen) atoms. The van der Waals surface area contributed by atoms with Crippen LogP contribution in [0.5, 0.6) is 11.5 Å². The van der Waals surface area contributed by atoms with Crippen molar-refractivity contribution >= 4 is 27.4 Å². The van der Waals surface area contributed by atoms with E-state index in [1.807, 2.05) is 66.7 Å². The molecule has 174 valence electrons. The second-order valence-electron chi connectivity index (χ2n) is 8.33. The highest BCUT2D eigenvalue weighted by Crippen LogP contribution is 2.42. The molecule has 0 saturated carbocycles. The molecule has 1 saturated heterocycles. The minimum absolute atomic E-state index is 0.0826. The second kappa shape index (κ2) is 9.62. The summed E-state index contributed by atoms with van der Waals surface area (Å²) >= 11 is 3.82. The van der Waals surface area contributed by atoms with Crippen molar-refractivity contribution in [2.24, 2.45) is 0 Å². The number of Topliss-reactive ketones (excluding diaryl/α,β-unsaturated/α-hetero) is 1. The van der Waals surface area contributed by atoms with Crippen LogP contribution in [-0.2, 0) is 0 Å². The lowest BCUT2D eigenvalue weighted by Crippen LogP contribution is -2.59. The number of halogens is 1. The number of methoxy groups -OCH3 is 2. The number of nitrogens with one attached hydrogen (secondary N) is 2. The fourth-order valence-electron chi connectivity index (χ4n) is 4.66. The maximum absolute atomic E-state index is 13.5. The van der Waals surface area contributed by atoms with Crippen LogP contribution in [0.3, 0.4) is 0 Å². The van der Waals surface area contributed by atoms with Gasteiger partial charge in [0, 0.05) is 5.56 Å². The minimum Gasteiger partial charge on any atom is -0.493 e. The van der Waals surface area contributed by atoms with Gasteiger partial charge >= 0.3 is 0 Å². The molecule has 7 heteroatoms. The summed E-state index contributed by atoms with van der Waals surface area (Å²) in [4.78, 5) is 13.5. The first-order valence-electron chi connectivity index (χ1n) is 11.2. The van der Waals surface area contributed by atoms with E-state index in [2.05, 4.69) is 43.8 Å². The Hall–Kier alpha value is -3.13. The Morgan fingerprint density at radius 1 is 0.941 bits per heavy atom. The van der Waals surface area contributed by atoms with Gasteiger partial charge < -0.3 is 14.9 Å². The van der Waals surface area contributed by atoms with Crippen LogP contribution in [0.25, 0.3) is 5.70 Å². The van der Waals surface area contributed by atoms with Crippen LogP contribution < -0.4 is 20.2 Å². The van der Waals surface area contributed by atoms with Crippen molar-refractivity contribution in [1.82, 2.24) is 15.8 Å². The summed E-state index contributed by atoms with van der Waals surface area (Å²) in [5, 5.41) is 5.74. The van der Waals surface area contributed by atoms with Gasteiger partial charge in [0.2, 0.25) is 0 Å². The number of hydrazine groups is 1. The number of hydrogen-bond donors (Lipinski definition) is 2. The average molecular weight is 520 g/mol. The Labute approximate surface area is 207 Å². The lowest BCUT2D eigenvalue weighted by atomic mass is 9.91. The normalized spacial score (nSPS) is 22.1. The van der Waals surface area contributed by atoms with Crippen molar-refractivity contribution in [2.45, 2.75) is 24.7 Å². The smallest absolute Gasteiger partial charge is 0.179 e.